The van der Waals surface area contributed by atoms with Crippen LogP contribution in [-0.4, -0.2) is 54.4 Å². The molecule has 1 saturated carbocycles. The minimum Gasteiger partial charge on any atom is -0.381 e. The van der Waals surface area contributed by atoms with Crippen LogP contribution < -0.4 is 5.14 Å². The average Bonchev–Trinajstić information content (AvgIpc) is 3.41. The van der Waals surface area contributed by atoms with Crippen LogP contribution in [0, 0.1) is 17.7 Å². The number of hydrogen-bond acceptors (Lipinski definition) is 6. The van der Waals surface area contributed by atoms with Crippen LogP contribution in [0.2, 0.25) is 0 Å². The molecule has 1 aliphatic carbocycles. The Bertz CT molecular complexity index is 1280. The fourth-order valence-electron chi connectivity index (χ4n) is 4.46. The molecule has 0 radical (unpaired) electrons. The van der Waals surface area contributed by atoms with Crippen LogP contribution in [0.5, 0.6) is 0 Å². The summed E-state index contributed by atoms with van der Waals surface area (Å²) in [5.74, 6) is 1.73. The zero-order valence-corrected chi connectivity index (χ0v) is 20.3. The third-order valence-corrected chi connectivity index (χ3v) is 7.45. The second-order valence-electron chi connectivity index (χ2n) is 9.55. The van der Waals surface area contributed by atoms with Gasteiger partial charge in [-0.15, -0.1) is 5.10 Å². The van der Waals surface area contributed by atoms with Crippen molar-refractivity contribution in [3.8, 4) is 5.69 Å². The Morgan fingerprint density at radius 3 is 2.54 bits per heavy atom. The number of ether oxygens (including phenoxy) is 1. The van der Waals surface area contributed by atoms with Gasteiger partial charge in [0.1, 0.15) is 17.3 Å². The van der Waals surface area contributed by atoms with Crippen LogP contribution in [0.4, 0.5) is 4.39 Å². The Morgan fingerprint density at radius 2 is 1.83 bits per heavy atom. The Balaban J connectivity index is 1.35. The van der Waals surface area contributed by atoms with Crippen LogP contribution in [0.25, 0.3) is 5.69 Å². The molecule has 0 amide bonds. The van der Waals surface area contributed by atoms with Crippen molar-refractivity contribution < 1.29 is 17.5 Å². The van der Waals surface area contributed by atoms with E-state index in [2.05, 4.69) is 10.00 Å². The van der Waals surface area contributed by atoms with Crippen molar-refractivity contribution in [2.75, 3.05) is 26.3 Å². The molecule has 3 aromatic rings. The lowest BCUT2D eigenvalue weighted by atomic mass is 10.1. The third-order valence-electron chi connectivity index (χ3n) is 6.54. The van der Waals surface area contributed by atoms with E-state index in [9.17, 15) is 12.8 Å². The maximum atomic E-state index is 15.0. The topological polar surface area (TPSA) is 103 Å². The first-order valence-corrected chi connectivity index (χ1v) is 13.5. The number of sulfonamides is 1. The maximum absolute atomic E-state index is 15.0. The van der Waals surface area contributed by atoms with E-state index in [4.69, 9.17) is 14.9 Å². The lowest BCUT2D eigenvalue weighted by molar-refractivity contribution is 0.0925. The second-order valence-corrected chi connectivity index (χ2v) is 11.1. The van der Waals surface area contributed by atoms with E-state index in [0.717, 1.165) is 50.3 Å². The quantitative estimate of drug-likeness (QED) is 0.460. The molecule has 5 rings (SSSR count). The molecule has 0 spiro atoms. The molecule has 2 N–H and O–H groups in total. The molecule has 8 nitrogen and oxygen atoms in total. The van der Waals surface area contributed by atoms with Gasteiger partial charge in [0.05, 0.1) is 18.0 Å². The van der Waals surface area contributed by atoms with Gasteiger partial charge in [0.2, 0.25) is 10.0 Å². The summed E-state index contributed by atoms with van der Waals surface area (Å²) in [6, 6.07) is 13.4. The molecule has 2 fully saturated rings. The molecule has 186 valence electrons. The van der Waals surface area contributed by atoms with Crippen LogP contribution in [0.15, 0.2) is 53.4 Å². The standard InChI is InChI=1S/C25H30FN5O3S/c26-22-13-21(35(27,32)33)8-9-23(22)31-25(12-18-4-2-1-3-5-18)28-24(29-31)15-30-11-10-20(14-30)17-34-16-19-6-7-19/h1-5,8-9,13,19-20H,6-7,10-12,14-17H2,(H2,27,32,33). The van der Waals surface area contributed by atoms with E-state index in [0.29, 0.717) is 30.5 Å². The number of rotatable bonds is 10. The molecule has 1 aliphatic heterocycles. The van der Waals surface area contributed by atoms with Crippen molar-refractivity contribution in [3.63, 3.8) is 0 Å². The lowest BCUT2D eigenvalue weighted by Gasteiger charge is -2.14. The highest BCUT2D eigenvalue weighted by molar-refractivity contribution is 7.89. The number of likely N-dealkylation sites (tertiary alicyclic amines) is 1. The molecule has 1 unspecified atom stereocenters. The van der Waals surface area contributed by atoms with Gasteiger partial charge in [0, 0.05) is 19.6 Å². The van der Waals surface area contributed by atoms with Gasteiger partial charge in [-0.25, -0.2) is 27.6 Å². The Labute approximate surface area is 205 Å². The highest BCUT2D eigenvalue weighted by atomic mass is 32.2. The summed E-state index contributed by atoms with van der Waals surface area (Å²) < 4.78 is 45.6. The summed E-state index contributed by atoms with van der Waals surface area (Å²) in [6.07, 6.45) is 4.12. The smallest absolute Gasteiger partial charge is 0.238 e. The molecular formula is C25H30FN5O3S. The van der Waals surface area contributed by atoms with Gasteiger partial charge in [0.15, 0.2) is 5.82 Å². The van der Waals surface area contributed by atoms with Gasteiger partial charge >= 0.3 is 0 Å². The average molecular weight is 500 g/mol. The van der Waals surface area contributed by atoms with E-state index in [1.165, 1.54) is 29.7 Å². The second kappa shape index (κ2) is 10.1. The monoisotopic (exact) mass is 499 g/mol. The van der Waals surface area contributed by atoms with E-state index in [-0.39, 0.29) is 10.6 Å². The van der Waals surface area contributed by atoms with Crippen LogP contribution in [0.3, 0.4) is 0 Å². The minimum atomic E-state index is -4.01. The minimum absolute atomic E-state index is 0.134. The largest absolute Gasteiger partial charge is 0.381 e. The first kappa shape index (κ1) is 24.1. The highest BCUT2D eigenvalue weighted by Gasteiger charge is 2.27. The Hall–Kier alpha value is -2.66. The molecule has 1 saturated heterocycles. The first-order chi connectivity index (χ1) is 16.8. The molecule has 2 heterocycles. The Kier molecular flexibility index (Phi) is 6.97. The molecule has 2 aliphatic rings. The molecular weight excluding hydrogens is 469 g/mol. The van der Waals surface area contributed by atoms with Crippen LogP contribution >= 0.6 is 0 Å². The van der Waals surface area contributed by atoms with Gasteiger partial charge in [-0.3, -0.25) is 4.90 Å². The van der Waals surface area contributed by atoms with E-state index in [1.807, 2.05) is 30.3 Å². The van der Waals surface area contributed by atoms with Gasteiger partial charge in [0.25, 0.3) is 0 Å². The van der Waals surface area contributed by atoms with Crippen molar-refractivity contribution >= 4 is 10.0 Å². The molecule has 1 atom stereocenters. The molecule has 35 heavy (non-hydrogen) atoms. The highest BCUT2D eigenvalue weighted by Crippen LogP contribution is 2.29. The summed E-state index contributed by atoms with van der Waals surface area (Å²) in [5.41, 5.74) is 1.15. The third kappa shape index (κ3) is 6.13. The SMILES string of the molecule is NS(=O)(=O)c1ccc(-n2nc(CN3CCC(COCC4CC4)C3)nc2Cc2ccccc2)c(F)c1. The van der Waals surface area contributed by atoms with E-state index < -0.39 is 15.8 Å². The van der Waals surface area contributed by atoms with Gasteiger partial charge < -0.3 is 4.74 Å². The predicted molar refractivity (Wildman–Crippen MR) is 129 cm³/mol. The van der Waals surface area contributed by atoms with Crippen molar-refractivity contribution in [2.24, 2.45) is 17.0 Å². The van der Waals surface area contributed by atoms with Gasteiger partial charge in [-0.2, -0.15) is 0 Å². The fraction of sp³-hybridized carbons (Fsp3) is 0.440. The summed E-state index contributed by atoms with van der Waals surface area (Å²) in [6.45, 7) is 4.09. The van der Waals surface area contributed by atoms with Crippen molar-refractivity contribution in [1.29, 1.82) is 0 Å². The summed E-state index contributed by atoms with van der Waals surface area (Å²) in [5, 5.41) is 9.78. The number of halogens is 1. The normalized spacial score (nSPS) is 18.9. The van der Waals surface area contributed by atoms with E-state index in [1.54, 1.807) is 0 Å². The van der Waals surface area contributed by atoms with Crippen molar-refractivity contribution in [1.82, 2.24) is 19.7 Å². The van der Waals surface area contributed by atoms with Crippen molar-refractivity contribution in [3.05, 3.63) is 71.6 Å². The first-order valence-electron chi connectivity index (χ1n) is 12.0. The fourth-order valence-corrected chi connectivity index (χ4v) is 4.98. The molecule has 1 aromatic heterocycles. The Morgan fingerprint density at radius 1 is 1.06 bits per heavy atom. The predicted octanol–water partition coefficient (Wildman–Crippen LogP) is 2.89. The number of nitrogens with zero attached hydrogens (tertiary/aromatic N) is 4. The summed E-state index contributed by atoms with van der Waals surface area (Å²) >= 11 is 0. The molecule has 10 heteroatoms. The van der Waals surface area contributed by atoms with Crippen LogP contribution in [0.1, 0.15) is 36.5 Å². The zero-order chi connectivity index (χ0) is 24.4. The number of nitrogens with two attached hydrogens (primary N) is 1. The number of benzene rings is 2. The molecule has 0 bridgehead atoms. The number of hydrogen-bond donors (Lipinski definition) is 1. The number of primary sulfonamides is 1. The van der Waals surface area contributed by atoms with Gasteiger partial charge in [-0.05, 0) is 61.4 Å². The van der Waals surface area contributed by atoms with Crippen molar-refractivity contribution in [2.45, 2.75) is 37.1 Å². The lowest BCUT2D eigenvalue weighted by Crippen LogP contribution is -2.22. The van der Waals surface area contributed by atoms with E-state index >= 15 is 0 Å². The maximum Gasteiger partial charge on any atom is 0.238 e. The summed E-state index contributed by atoms with van der Waals surface area (Å²) in [4.78, 5) is 6.77. The van der Waals surface area contributed by atoms with Crippen LogP contribution in [-0.2, 0) is 27.7 Å². The molecule has 2 aromatic carbocycles. The van der Waals surface area contributed by atoms with Gasteiger partial charge in [-0.1, -0.05) is 30.3 Å². The number of aromatic nitrogens is 3. The zero-order valence-electron chi connectivity index (χ0n) is 19.5. The summed E-state index contributed by atoms with van der Waals surface area (Å²) in [7, 11) is -4.01.